The van der Waals surface area contributed by atoms with Crippen molar-refractivity contribution in [2.24, 2.45) is 0 Å². The second kappa shape index (κ2) is 6.92. The van der Waals surface area contributed by atoms with E-state index in [9.17, 15) is 4.89 Å². The number of allylic oxidation sites excluding steroid dienone is 2. The fourth-order valence-corrected chi connectivity index (χ4v) is 3.10. The minimum atomic E-state index is -3.07. The number of hydrogen-bond acceptors (Lipinski definition) is 4. The molecule has 82 valence electrons. The Morgan fingerprint density at radius 2 is 1.93 bits per heavy atom. The van der Waals surface area contributed by atoms with Crippen LogP contribution in [0.15, 0.2) is 11.6 Å². The SMILES string of the molecule is CCO[PH](O)(C/C(C)=C/C#N)OCC. The van der Waals surface area contributed by atoms with Crippen LogP contribution in [0.1, 0.15) is 20.8 Å². The van der Waals surface area contributed by atoms with E-state index >= 15 is 0 Å². The van der Waals surface area contributed by atoms with E-state index in [2.05, 4.69) is 0 Å². The predicted molar refractivity (Wildman–Crippen MR) is 58.0 cm³/mol. The van der Waals surface area contributed by atoms with Gasteiger partial charge in [0.2, 0.25) is 0 Å². The zero-order valence-electron chi connectivity index (χ0n) is 8.91. The van der Waals surface area contributed by atoms with Crippen LogP contribution in [0.5, 0.6) is 0 Å². The molecule has 0 atom stereocenters. The molecule has 0 rings (SSSR count). The molecule has 0 aromatic carbocycles. The summed E-state index contributed by atoms with van der Waals surface area (Å²) in [4.78, 5) is 9.95. The van der Waals surface area contributed by atoms with E-state index in [0.717, 1.165) is 5.57 Å². The van der Waals surface area contributed by atoms with Gasteiger partial charge < -0.3 is 0 Å². The van der Waals surface area contributed by atoms with Crippen molar-refractivity contribution in [1.82, 2.24) is 0 Å². The average molecular weight is 219 g/mol. The summed E-state index contributed by atoms with van der Waals surface area (Å²) in [6.07, 6.45) is 1.72. The van der Waals surface area contributed by atoms with Gasteiger partial charge in [0.15, 0.2) is 0 Å². The van der Waals surface area contributed by atoms with E-state index < -0.39 is 7.94 Å². The Morgan fingerprint density at radius 1 is 1.43 bits per heavy atom. The first kappa shape index (κ1) is 13.5. The first-order valence-electron chi connectivity index (χ1n) is 4.63. The van der Waals surface area contributed by atoms with Gasteiger partial charge in [-0.25, -0.2) is 0 Å². The van der Waals surface area contributed by atoms with Gasteiger partial charge in [0.1, 0.15) is 0 Å². The van der Waals surface area contributed by atoms with Crippen LogP contribution in [0.3, 0.4) is 0 Å². The standard InChI is InChI=1S/C9H18NO3P/c1-4-12-14(11,13-5-2)8-9(3)6-7-10/h6,11,14H,4-5,8H2,1-3H3/b9-6+. The Bertz CT molecular complexity index is 229. The number of nitriles is 1. The number of hydrogen-bond donors (Lipinski definition) is 1. The van der Waals surface area contributed by atoms with Gasteiger partial charge in [-0.3, -0.25) is 0 Å². The molecule has 0 bridgehead atoms. The van der Waals surface area contributed by atoms with Crippen LogP contribution in [-0.2, 0) is 9.05 Å². The zero-order chi connectivity index (χ0) is 11.0. The summed E-state index contributed by atoms with van der Waals surface area (Å²) < 4.78 is 10.4. The van der Waals surface area contributed by atoms with Gasteiger partial charge in [0.25, 0.3) is 0 Å². The second-order valence-corrected chi connectivity index (χ2v) is 5.23. The molecule has 0 aromatic heterocycles. The number of rotatable bonds is 6. The van der Waals surface area contributed by atoms with E-state index in [1.165, 1.54) is 6.08 Å². The molecule has 0 aromatic rings. The molecule has 0 spiro atoms. The summed E-state index contributed by atoms with van der Waals surface area (Å²) in [5, 5.41) is 8.42. The van der Waals surface area contributed by atoms with Crippen LogP contribution >= 0.6 is 7.94 Å². The zero-order valence-corrected chi connectivity index (χ0v) is 9.91. The summed E-state index contributed by atoms with van der Waals surface area (Å²) >= 11 is 0. The molecule has 5 heteroatoms. The quantitative estimate of drug-likeness (QED) is 0.548. The molecule has 0 heterocycles. The summed E-state index contributed by atoms with van der Waals surface area (Å²) in [5.41, 5.74) is 0.781. The Labute approximate surface area is 85.7 Å². The molecule has 1 N–H and O–H groups in total. The van der Waals surface area contributed by atoms with Crippen molar-refractivity contribution in [3.05, 3.63) is 11.6 Å². The Kier molecular flexibility index (Phi) is 6.69. The van der Waals surface area contributed by atoms with E-state index in [0.29, 0.717) is 19.4 Å². The van der Waals surface area contributed by atoms with Gasteiger partial charge in [-0.05, 0) is 0 Å². The van der Waals surface area contributed by atoms with Crippen molar-refractivity contribution in [3.63, 3.8) is 0 Å². The monoisotopic (exact) mass is 219 g/mol. The minimum absolute atomic E-state index is 0.322. The molecule has 0 amide bonds. The molecule has 0 saturated carbocycles. The molecular formula is C9H18NO3P. The summed E-state index contributed by atoms with van der Waals surface area (Å²) in [5.74, 6) is 0. The van der Waals surface area contributed by atoms with E-state index in [1.54, 1.807) is 20.8 Å². The molecule has 0 unspecified atom stereocenters. The fourth-order valence-electron chi connectivity index (χ4n) is 1.11. The predicted octanol–water partition coefficient (Wildman–Crippen LogP) is 2.02. The maximum absolute atomic E-state index is 9.95. The van der Waals surface area contributed by atoms with Crippen LogP contribution in [0.4, 0.5) is 0 Å². The third-order valence-electron chi connectivity index (χ3n) is 1.55. The molecule has 0 aliphatic carbocycles. The summed E-state index contributed by atoms with van der Waals surface area (Å²) in [7, 11) is -3.07. The van der Waals surface area contributed by atoms with Crippen molar-refractivity contribution in [2.75, 3.05) is 19.4 Å². The fraction of sp³-hybridized carbons (Fsp3) is 0.667. The Balaban J connectivity index is 4.36. The molecule has 0 aliphatic rings. The van der Waals surface area contributed by atoms with Crippen molar-refractivity contribution >= 4 is 7.94 Å². The van der Waals surface area contributed by atoms with E-state index in [4.69, 9.17) is 14.3 Å². The van der Waals surface area contributed by atoms with Gasteiger partial charge in [0, 0.05) is 0 Å². The summed E-state index contributed by atoms with van der Waals surface area (Å²) in [6.45, 7) is 6.23. The average Bonchev–Trinajstić information content (AvgIpc) is 2.04. The third kappa shape index (κ3) is 5.31. The first-order chi connectivity index (χ1) is 6.58. The molecule has 0 radical (unpaired) electrons. The molecule has 14 heavy (non-hydrogen) atoms. The van der Waals surface area contributed by atoms with Crippen molar-refractivity contribution < 1.29 is 13.9 Å². The summed E-state index contributed by atoms with van der Waals surface area (Å²) in [6, 6.07) is 1.91. The molecule has 0 fully saturated rings. The van der Waals surface area contributed by atoms with Crippen molar-refractivity contribution in [1.29, 1.82) is 5.26 Å². The van der Waals surface area contributed by atoms with Crippen LogP contribution in [0.25, 0.3) is 0 Å². The normalized spacial score (nSPS) is 13.8. The topological polar surface area (TPSA) is 62.5 Å². The Morgan fingerprint density at radius 3 is 2.29 bits per heavy atom. The van der Waals surface area contributed by atoms with Crippen LogP contribution in [0, 0.1) is 11.3 Å². The van der Waals surface area contributed by atoms with Crippen molar-refractivity contribution in [3.8, 4) is 6.07 Å². The third-order valence-corrected chi connectivity index (χ3v) is 4.04. The molecule has 0 saturated heterocycles. The first-order valence-corrected chi connectivity index (χ1v) is 6.60. The molecule has 4 nitrogen and oxygen atoms in total. The van der Waals surface area contributed by atoms with E-state index in [-0.39, 0.29) is 0 Å². The van der Waals surface area contributed by atoms with Gasteiger partial charge >= 0.3 is 85.0 Å². The van der Waals surface area contributed by atoms with Gasteiger partial charge in [-0.2, -0.15) is 0 Å². The Hall–Kier alpha value is -0.460. The molecule has 0 aliphatic heterocycles. The maximum atomic E-state index is 9.95. The van der Waals surface area contributed by atoms with Crippen molar-refractivity contribution in [2.45, 2.75) is 20.8 Å². The van der Waals surface area contributed by atoms with Gasteiger partial charge in [0.05, 0.1) is 0 Å². The number of nitrogens with zero attached hydrogens (tertiary/aromatic N) is 1. The van der Waals surface area contributed by atoms with Crippen LogP contribution < -0.4 is 0 Å². The second-order valence-electron chi connectivity index (χ2n) is 2.88. The van der Waals surface area contributed by atoms with Crippen LogP contribution in [-0.4, -0.2) is 24.3 Å². The van der Waals surface area contributed by atoms with Crippen LogP contribution in [0.2, 0.25) is 0 Å². The van der Waals surface area contributed by atoms with Gasteiger partial charge in [-0.1, -0.05) is 0 Å². The van der Waals surface area contributed by atoms with E-state index in [1.807, 2.05) is 6.07 Å². The molecular weight excluding hydrogens is 201 g/mol. The van der Waals surface area contributed by atoms with Gasteiger partial charge in [-0.15, -0.1) is 0 Å².